The van der Waals surface area contributed by atoms with Crippen molar-refractivity contribution in [1.29, 1.82) is 10.5 Å². The molecule has 2 heterocycles. The van der Waals surface area contributed by atoms with Crippen LogP contribution in [0.1, 0.15) is 50.3 Å². The van der Waals surface area contributed by atoms with Crippen LogP contribution in [0.25, 0.3) is 5.57 Å². The van der Waals surface area contributed by atoms with E-state index in [1.165, 1.54) is 33.7 Å². The zero-order valence-corrected chi connectivity index (χ0v) is 20.5. The summed E-state index contributed by atoms with van der Waals surface area (Å²) in [6.07, 6.45) is 27.2. The van der Waals surface area contributed by atoms with E-state index in [-0.39, 0.29) is 6.04 Å². The summed E-state index contributed by atoms with van der Waals surface area (Å²) in [6.45, 7) is 2.26. The Kier molecular flexibility index (Phi) is 5.67. The molecule has 1 aliphatic heterocycles. The second-order valence-electron chi connectivity index (χ2n) is 10.1. The topological polar surface area (TPSA) is 63.7 Å². The van der Waals surface area contributed by atoms with Crippen molar-refractivity contribution in [3.05, 3.63) is 118 Å². The van der Waals surface area contributed by atoms with Crippen LogP contribution in [0.2, 0.25) is 0 Å². The van der Waals surface area contributed by atoms with Crippen LogP contribution in [-0.4, -0.2) is 15.9 Å². The Morgan fingerprint density at radius 1 is 0.944 bits per heavy atom. The van der Waals surface area contributed by atoms with E-state index in [0.717, 1.165) is 43.2 Å². The van der Waals surface area contributed by atoms with Crippen LogP contribution < -0.4 is 0 Å². The molecule has 0 radical (unpaired) electrons. The first-order valence-electron chi connectivity index (χ1n) is 12.8. The minimum absolute atomic E-state index is 0.264. The molecular formula is C32H28N4. The highest BCUT2D eigenvalue weighted by Gasteiger charge is 2.43. The molecule has 1 aromatic rings. The lowest BCUT2D eigenvalue weighted by molar-refractivity contribution is 0.322. The lowest BCUT2D eigenvalue weighted by Crippen LogP contribution is -2.34. The maximum absolute atomic E-state index is 9.63. The third-order valence-electron chi connectivity index (χ3n) is 7.83. The van der Waals surface area contributed by atoms with Gasteiger partial charge in [-0.25, -0.2) is 4.98 Å². The van der Waals surface area contributed by atoms with Crippen molar-refractivity contribution in [2.24, 2.45) is 11.8 Å². The van der Waals surface area contributed by atoms with E-state index < -0.39 is 0 Å². The maximum Gasteiger partial charge on any atom is 0.140 e. The summed E-state index contributed by atoms with van der Waals surface area (Å²) in [7, 11) is 0. The van der Waals surface area contributed by atoms with Gasteiger partial charge < -0.3 is 4.90 Å². The lowest BCUT2D eigenvalue weighted by atomic mass is 9.83. The molecule has 0 aromatic carbocycles. The summed E-state index contributed by atoms with van der Waals surface area (Å²) in [5.74, 6) is 0.608. The zero-order chi connectivity index (χ0) is 24.6. The summed E-state index contributed by atoms with van der Waals surface area (Å²) in [4.78, 5) is 6.90. The Hall–Kier alpha value is -4.15. The van der Waals surface area contributed by atoms with Gasteiger partial charge in [0.15, 0.2) is 0 Å². The molecule has 0 saturated heterocycles. The van der Waals surface area contributed by atoms with Crippen molar-refractivity contribution in [3.8, 4) is 12.1 Å². The molecule has 0 bridgehead atoms. The Morgan fingerprint density at radius 2 is 1.78 bits per heavy atom. The average Bonchev–Trinajstić information content (AvgIpc) is 3.28. The number of nitrogens with zero attached hydrogens (tertiary/aromatic N) is 4. The van der Waals surface area contributed by atoms with Crippen LogP contribution >= 0.6 is 0 Å². The predicted octanol–water partition coefficient (Wildman–Crippen LogP) is 6.83. The molecule has 6 rings (SSSR count). The zero-order valence-electron chi connectivity index (χ0n) is 20.5. The Balaban J connectivity index is 1.38. The first-order valence-corrected chi connectivity index (χ1v) is 12.8. The molecule has 0 fully saturated rings. The van der Waals surface area contributed by atoms with Gasteiger partial charge in [-0.05, 0) is 78.7 Å². The fraction of sp³-hybridized carbons (Fsp3) is 0.281. The van der Waals surface area contributed by atoms with Crippen molar-refractivity contribution < 1.29 is 0 Å². The summed E-state index contributed by atoms with van der Waals surface area (Å²) >= 11 is 0. The van der Waals surface area contributed by atoms with E-state index in [9.17, 15) is 5.26 Å². The van der Waals surface area contributed by atoms with E-state index in [0.29, 0.717) is 17.5 Å². The van der Waals surface area contributed by atoms with Gasteiger partial charge in [0.25, 0.3) is 0 Å². The third kappa shape index (κ3) is 3.71. The van der Waals surface area contributed by atoms with Gasteiger partial charge >= 0.3 is 0 Å². The SMILES string of the molecule is CC1CC(C#N)=CC2=C1N(C1=CC(C3=CCCC=C3c3ccc(C#N)nc3)=CCC1)[C@@H]1C=CC=CC21. The lowest BCUT2D eigenvalue weighted by Gasteiger charge is -2.36. The van der Waals surface area contributed by atoms with E-state index in [2.05, 4.69) is 83.6 Å². The van der Waals surface area contributed by atoms with Gasteiger partial charge in [0, 0.05) is 40.6 Å². The number of pyridine rings is 1. The van der Waals surface area contributed by atoms with E-state index in [1.54, 1.807) is 6.07 Å². The van der Waals surface area contributed by atoms with Crippen molar-refractivity contribution in [2.75, 3.05) is 0 Å². The van der Waals surface area contributed by atoms with E-state index in [1.807, 2.05) is 12.3 Å². The predicted molar refractivity (Wildman–Crippen MR) is 142 cm³/mol. The number of rotatable bonds is 3. The molecule has 2 unspecified atom stereocenters. The first kappa shape index (κ1) is 22.3. The summed E-state index contributed by atoms with van der Waals surface area (Å²) in [5.41, 5.74) is 10.2. The standard InChI is InChI=1S/C32H28N4/c1-21-15-22(18-33)16-30-29-11-4-5-12-31(29)36(32(21)30)26-8-6-7-23(17-26)27-9-2-3-10-28(27)24-13-14-25(19-34)35-20-24/h4-5,7,9-14,16-17,20-21,29,31H,2-3,6,8,15H2,1H3/t21?,29?,31-/m1/s1. The molecule has 0 spiro atoms. The average molecular weight is 469 g/mol. The number of allylic oxidation sites excluding steroid dienone is 13. The molecule has 176 valence electrons. The Labute approximate surface area is 213 Å². The van der Waals surface area contributed by atoms with Crippen LogP contribution in [-0.2, 0) is 0 Å². The van der Waals surface area contributed by atoms with Crippen molar-refractivity contribution in [3.63, 3.8) is 0 Å². The molecular weight excluding hydrogens is 440 g/mol. The van der Waals surface area contributed by atoms with Gasteiger partial charge in [-0.1, -0.05) is 49.5 Å². The summed E-state index contributed by atoms with van der Waals surface area (Å²) < 4.78 is 0. The number of hydrogen-bond acceptors (Lipinski definition) is 4. The van der Waals surface area contributed by atoms with Gasteiger partial charge in [0.2, 0.25) is 0 Å². The molecule has 4 nitrogen and oxygen atoms in total. The Morgan fingerprint density at radius 3 is 2.56 bits per heavy atom. The van der Waals surface area contributed by atoms with Crippen molar-refractivity contribution in [2.45, 2.75) is 45.1 Å². The van der Waals surface area contributed by atoms with Gasteiger partial charge in [-0.3, -0.25) is 0 Å². The maximum atomic E-state index is 9.63. The number of fused-ring (bicyclic) bond motifs is 2. The fourth-order valence-electron chi connectivity index (χ4n) is 6.29. The molecule has 0 saturated carbocycles. The highest BCUT2D eigenvalue weighted by molar-refractivity contribution is 5.85. The number of nitriles is 2. The monoisotopic (exact) mass is 468 g/mol. The van der Waals surface area contributed by atoms with E-state index >= 15 is 0 Å². The van der Waals surface area contributed by atoms with Crippen molar-refractivity contribution in [1.82, 2.24) is 9.88 Å². The minimum atomic E-state index is 0.264. The minimum Gasteiger partial charge on any atom is -0.340 e. The van der Waals surface area contributed by atoms with Crippen LogP contribution in [0.15, 0.2) is 107 Å². The van der Waals surface area contributed by atoms with Gasteiger partial charge in [0.1, 0.15) is 11.8 Å². The van der Waals surface area contributed by atoms with Crippen LogP contribution in [0, 0.1) is 34.5 Å². The molecule has 0 amide bonds. The summed E-state index contributed by atoms with van der Waals surface area (Å²) in [6, 6.07) is 8.61. The van der Waals surface area contributed by atoms with Gasteiger partial charge in [-0.2, -0.15) is 10.5 Å². The second-order valence-corrected chi connectivity index (χ2v) is 10.1. The Bertz CT molecular complexity index is 1440. The number of aromatic nitrogens is 1. The van der Waals surface area contributed by atoms with Gasteiger partial charge in [0.05, 0.1) is 12.1 Å². The van der Waals surface area contributed by atoms with Crippen LogP contribution in [0.3, 0.4) is 0 Å². The molecule has 36 heavy (non-hydrogen) atoms. The fourth-order valence-corrected chi connectivity index (χ4v) is 6.29. The van der Waals surface area contributed by atoms with Crippen LogP contribution in [0.5, 0.6) is 0 Å². The summed E-state index contributed by atoms with van der Waals surface area (Å²) in [5, 5.41) is 18.8. The van der Waals surface area contributed by atoms with E-state index in [4.69, 9.17) is 5.26 Å². The normalized spacial score (nSPS) is 26.6. The first-order chi connectivity index (χ1) is 17.7. The smallest absolute Gasteiger partial charge is 0.140 e. The van der Waals surface area contributed by atoms with Gasteiger partial charge in [-0.15, -0.1) is 0 Å². The highest BCUT2D eigenvalue weighted by Crippen LogP contribution is 2.49. The number of hydrogen-bond donors (Lipinski definition) is 0. The van der Waals surface area contributed by atoms with Crippen LogP contribution in [0.4, 0.5) is 0 Å². The van der Waals surface area contributed by atoms with Crippen molar-refractivity contribution >= 4 is 5.57 Å². The molecule has 5 aliphatic rings. The second kappa shape index (κ2) is 9.14. The molecule has 4 aliphatic carbocycles. The third-order valence-corrected chi connectivity index (χ3v) is 7.83. The molecule has 1 aromatic heterocycles. The highest BCUT2D eigenvalue weighted by atomic mass is 15.2. The quantitative estimate of drug-likeness (QED) is 0.488. The molecule has 4 heteroatoms. The largest absolute Gasteiger partial charge is 0.340 e. The molecule has 3 atom stereocenters. The molecule has 0 N–H and O–H groups in total.